The van der Waals surface area contributed by atoms with Crippen molar-refractivity contribution < 1.29 is 0 Å². The molecule has 15 heavy (non-hydrogen) atoms. The van der Waals surface area contributed by atoms with Gasteiger partial charge in [0.2, 0.25) is 0 Å². The molecule has 0 saturated carbocycles. The smallest absolute Gasteiger partial charge is 0.0678 e. The standard InChI is InChI=1S/C13H13N2/c1-3-4-11-5-7-12(8-6-11)13-9-10-14-15(13)2/h3-10H,1H2,2H3/b4-3+. The van der Waals surface area contributed by atoms with Crippen LogP contribution < -0.4 is 0 Å². The van der Waals surface area contributed by atoms with E-state index in [0.717, 1.165) is 11.3 Å². The van der Waals surface area contributed by atoms with Crippen LogP contribution in [0.15, 0.2) is 42.6 Å². The van der Waals surface area contributed by atoms with Gasteiger partial charge in [0.15, 0.2) is 0 Å². The predicted molar refractivity (Wildman–Crippen MR) is 63.0 cm³/mol. The third kappa shape index (κ3) is 1.99. The topological polar surface area (TPSA) is 17.8 Å². The zero-order valence-corrected chi connectivity index (χ0v) is 8.72. The molecular formula is C13H13N2. The number of hydrogen-bond donors (Lipinski definition) is 0. The third-order valence-corrected chi connectivity index (χ3v) is 2.34. The van der Waals surface area contributed by atoms with Gasteiger partial charge in [-0.25, -0.2) is 0 Å². The first kappa shape index (κ1) is 9.71. The average Bonchev–Trinajstić information content (AvgIpc) is 2.66. The van der Waals surface area contributed by atoms with Crippen LogP contribution in [-0.2, 0) is 7.05 Å². The number of nitrogens with zero attached hydrogens (tertiary/aromatic N) is 2. The Bertz CT molecular complexity index is 464. The quantitative estimate of drug-likeness (QED) is 0.723. The van der Waals surface area contributed by atoms with Crippen LogP contribution >= 0.6 is 0 Å². The van der Waals surface area contributed by atoms with E-state index >= 15 is 0 Å². The second-order valence-electron chi connectivity index (χ2n) is 3.36. The molecule has 0 N–H and O–H groups in total. The maximum atomic E-state index is 4.14. The van der Waals surface area contributed by atoms with Gasteiger partial charge in [-0.15, -0.1) is 0 Å². The SMILES string of the molecule is [CH2]/C=C/c1ccc(-c2ccnn2C)cc1. The lowest BCUT2D eigenvalue weighted by Gasteiger charge is -2.02. The molecular weight excluding hydrogens is 184 g/mol. The summed E-state index contributed by atoms with van der Waals surface area (Å²) in [6, 6.07) is 10.3. The van der Waals surface area contributed by atoms with E-state index in [9.17, 15) is 0 Å². The lowest BCUT2D eigenvalue weighted by Crippen LogP contribution is -1.92. The molecule has 1 heterocycles. The summed E-state index contributed by atoms with van der Waals surface area (Å²) in [5.41, 5.74) is 3.47. The molecule has 1 aromatic carbocycles. The van der Waals surface area contributed by atoms with E-state index in [4.69, 9.17) is 0 Å². The molecule has 0 aliphatic rings. The molecule has 2 aromatic rings. The Morgan fingerprint density at radius 1 is 1.20 bits per heavy atom. The van der Waals surface area contributed by atoms with Gasteiger partial charge >= 0.3 is 0 Å². The fourth-order valence-corrected chi connectivity index (χ4v) is 1.56. The van der Waals surface area contributed by atoms with Gasteiger partial charge in [0, 0.05) is 13.2 Å². The Morgan fingerprint density at radius 2 is 1.93 bits per heavy atom. The molecule has 0 aliphatic heterocycles. The van der Waals surface area contributed by atoms with E-state index in [1.165, 1.54) is 5.56 Å². The first-order chi connectivity index (χ1) is 7.31. The molecule has 2 rings (SSSR count). The first-order valence-electron chi connectivity index (χ1n) is 4.85. The highest BCUT2D eigenvalue weighted by atomic mass is 15.2. The fourth-order valence-electron chi connectivity index (χ4n) is 1.56. The lowest BCUT2D eigenvalue weighted by atomic mass is 10.1. The van der Waals surface area contributed by atoms with Crippen molar-refractivity contribution in [3.63, 3.8) is 0 Å². The molecule has 0 spiro atoms. The van der Waals surface area contributed by atoms with Crippen molar-refractivity contribution in [1.82, 2.24) is 9.78 Å². The van der Waals surface area contributed by atoms with Gasteiger partial charge in [0.05, 0.1) is 5.69 Å². The molecule has 1 aromatic heterocycles. The molecule has 0 unspecified atom stereocenters. The highest BCUT2D eigenvalue weighted by Gasteiger charge is 2.00. The van der Waals surface area contributed by atoms with E-state index in [1.807, 2.05) is 23.9 Å². The van der Waals surface area contributed by atoms with Gasteiger partial charge in [0.25, 0.3) is 0 Å². The van der Waals surface area contributed by atoms with Gasteiger partial charge < -0.3 is 0 Å². The Balaban J connectivity index is 2.36. The van der Waals surface area contributed by atoms with Crippen LogP contribution in [0.4, 0.5) is 0 Å². The molecule has 2 heteroatoms. The van der Waals surface area contributed by atoms with Crippen LogP contribution in [0, 0.1) is 6.92 Å². The monoisotopic (exact) mass is 197 g/mol. The van der Waals surface area contributed by atoms with E-state index < -0.39 is 0 Å². The van der Waals surface area contributed by atoms with Crippen molar-refractivity contribution in [2.75, 3.05) is 0 Å². The lowest BCUT2D eigenvalue weighted by molar-refractivity contribution is 0.776. The van der Waals surface area contributed by atoms with Crippen LogP contribution in [0.2, 0.25) is 0 Å². The zero-order valence-electron chi connectivity index (χ0n) is 8.72. The molecule has 1 radical (unpaired) electrons. The van der Waals surface area contributed by atoms with Crippen molar-refractivity contribution in [3.05, 3.63) is 55.1 Å². The third-order valence-electron chi connectivity index (χ3n) is 2.34. The maximum absolute atomic E-state index is 4.14. The summed E-state index contributed by atoms with van der Waals surface area (Å²) in [5, 5.41) is 4.14. The number of aromatic nitrogens is 2. The minimum atomic E-state index is 1.13. The van der Waals surface area contributed by atoms with Crippen LogP contribution in [0.5, 0.6) is 0 Å². The summed E-state index contributed by atoms with van der Waals surface area (Å²) in [6.45, 7) is 3.67. The Kier molecular flexibility index (Phi) is 2.68. The largest absolute Gasteiger partial charge is 0.268 e. The van der Waals surface area contributed by atoms with E-state index in [-0.39, 0.29) is 0 Å². The van der Waals surface area contributed by atoms with Crippen LogP contribution in [0.1, 0.15) is 5.56 Å². The van der Waals surface area contributed by atoms with Gasteiger partial charge in [-0.3, -0.25) is 4.68 Å². The number of hydrogen-bond acceptors (Lipinski definition) is 1. The Labute approximate surface area is 89.9 Å². The van der Waals surface area contributed by atoms with E-state index in [2.05, 4.69) is 36.3 Å². The molecule has 0 saturated heterocycles. The molecule has 75 valence electrons. The average molecular weight is 197 g/mol. The molecule has 2 nitrogen and oxygen atoms in total. The van der Waals surface area contributed by atoms with Crippen molar-refractivity contribution >= 4 is 6.08 Å². The number of benzene rings is 1. The molecule has 0 bridgehead atoms. The molecule has 0 amide bonds. The van der Waals surface area contributed by atoms with Crippen molar-refractivity contribution in [1.29, 1.82) is 0 Å². The normalized spacial score (nSPS) is 11.1. The second kappa shape index (κ2) is 4.13. The molecule has 0 fully saturated rings. The molecule has 0 aliphatic carbocycles. The number of allylic oxidation sites excluding steroid dienone is 1. The van der Waals surface area contributed by atoms with Crippen molar-refractivity contribution in [2.24, 2.45) is 7.05 Å². The maximum Gasteiger partial charge on any atom is 0.0678 e. The number of rotatable bonds is 2. The van der Waals surface area contributed by atoms with Gasteiger partial charge in [-0.1, -0.05) is 36.4 Å². The summed E-state index contributed by atoms with van der Waals surface area (Å²) >= 11 is 0. The summed E-state index contributed by atoms with van der Waals surface area (Å²) in [5.74, 6) is 0. The Hall–Kier alpha value is -1.83. The highest BCUT2D eigenvalue weighted by Crippen LogP contribution is 2.18. The minimum Gasteiger partial charge on any atom is -0.268 e. The van der Waals surface area contributed by atoms with Crippen LogP contribution in [0.25, 0.3) is 17.3 Å². The summed E-state index contributed by atoms with van der Waals surface area (Å²) in [4.78, 5) is 0. The predicted octanol–water partition coefficient (Wildman–Crippen LogP) is 2.93. The summed E-state index contributed by atoms with van der Waals surface area (Å²) in [6.07, 6.45) is 5.57. The van der Waals surface area contributed by atoms with Gasteiger partial charge in [0.1, 0.15) is 0 Å². The van der Waals surface area contributed by atoms with E-state index in [1.54, 1.807) is 12.3 Å². The summed E-state index contributed by atoms with van der Waals surface area (Å²) in [7, 11) is 1.94. The fraction of sp³-hybridized carbons (Fsp3) is 0.0769. The van der Waals surface area contributed by atoms with E-state index in [0.29, 0.717) is 0 Å². The number of aryl methyl sites for hydroxylation is 1. The van der Waals surface area contributed by atoms with Crippen molar-refractivity contribution in [3.8, 4) is 11.3 Å². The van der Waals surface area contributed by atoms with Crippen LogP contribution in [0.3, 0.4) is 0 Å². The molecule has 0 atom stereocenters. The van der Waals surface area contributed by atoms with Crippen molar-refractivity contribution in [2.45, 2.75) is 0 Å². The highest BCUT2D eigenvalue weighted by molar-refractivity contribution is 5.62. The second-order valence-corrected chi connectivity index (χ2v) is 3.36. The minimum absolute atomic E-state index is 1.13. The zero-order chi connectivity index (χ0) is 10.7. The van der Waals surface area contributed by atoms with Gasteiger partial charge in [-0.2, -0.15) is 5.10 Å². The summed E-state index contributed by atoms with van der Waals surface area (Å²) < 4.78 is 1.87. The Morgan fingerprint density at radius 3 is 2.47 bits per heavy atom. The van der Waals surface area contributed by atoms with Gasteiger partial charge in [-0.05, 0) is 24.1 Å². The van der Waals surface area contributed by atoms with Crippen LogP contribution in [-0.4, -0.2) is 9.78 Å². The first-order valence-corrected chi connectivity index (χ1v) is 4.85.